The molecule has 0 amide bonds. The van der Waals surface area contributed by atoms with Gasteiger partial charge in [-0.1, -0.05) is 23.7 Å². The van der Waals surface area contributed by atoms with Crippen molar-refractivity contribution in [2.24, 2.45) is 0 Å². The fourth-order valence-corrected chi connectivity index (χ4v) is 6.43. The summed E-state index contributed by atoms with van der Waals surface area (Å²) in [5.41, 5.74) is 0.839. The first-order valence-corrected chi connectivity index (χ1v) is 11.1. The van der Waals surface area contributed by atoms with Gasteiger partial charge in [-0.2, -0.15) is 4.31 Å². The zero-order valence-electron chi connectivity index (χ0n) is 13.6. The van der Waals surface area contributed by atoms with Crippen LogP contribution >= 0.6 is 11.6 Å². The summed E-state index contributed by atoms with van der Waals surface area (Å²) in [6.45, 7) is 1.96. The number of hydrogen-bond donors (Lipinski definition) is 0. The molecule has 0 spiro atoms. The quantitative estimate of drug-likeness (QED) is 0.792. The number of benzene rings is 2. The van der Waals surface area contributed by atoms with Gasteiger partial charge in [-0.3, -0.25) is 0 Å². The lowest BCUT2D eigenvalue weighted by atomic mass is 10.2. The predicted octanol–water partition coefficient (Wildman–Crippen LogP) is 2.89. The Morgan fingerprint density at radius 3 is 2.32 bits per heavy atom. The monoisotopic (exact) mass is 399 g/mol. The molecule has 2 aromatic carbocycles. The van der Waals surface area contributed by atoms with E-state index in [4.69, 9.17) is 11.6 Å². The minimum Gasteiger partial charge on any atom is -0.223 e. The van der Waals surface area contributed by atoms with Gasteiger partial charge in [-0.05, 0) is 55.3 Å². The minimum atomic E-state index is -3.70. The zero-order valence-corrected chi connectivity index (χ0v) is 16.0. The molecule has 0 bridgehead atoms. The second-order valence-electron chi connectivity index (χ2n) is 6.09. The minimum absolute atomic E-state index is 0.0404. The summed E-state index contributed by atoms with van der Waals surface area (Å²) in [5.74, 6) is 0. The van der Waals surface area contributed by atoms with Crippen LogP contribution in [-0.4, -0.2) is 39.5 Å². The Morgan fingerprint density at radius 1 is 1.00 bits per heavy atom. The third-order valence-corrected chi connectivity index (χ3v) is 8.62. The van der Waals surface area contributed by atoms with Crippen molar-refractivity contribution in [3.8, 4) is 0 Å². The van der Waals surface area contributed by atoms with E-state index in [0.717, 1.165) is 5.56 Å². The van der Waals surface area contributed by atoms with E-state index in [2.05, 4.69) is 0 Å². The summed E-state index contributed by atoms with van der Waals surface area (Å²) < 4.78 is 52.2. The van der Waals surface area contributed by atoms with Crippen molar-refractivity contribution in [2.45, 2.75) is 28.4 Å². The van der Waals surface area contributed by atoms with Crippen LogP contribution in [0.2, 0.25) is 5.02 Å². The molecule has 0 saturated carbocycles. The molecule has 25 heavy (non-hydrogen) atoms. The highest BCUT2D eigenvalue weighted by atomic mass is 35.5. The number of rotatable bonds is 4. The van der Waals surface area contributed by atoms with Crippen LogP contribution in [0.3, 0.4) is 0 Å². The Morgan fingerprint density at radius 2 is 1.68 bits per heavy atom. The molecule has 2 aromatic rings. The highest BCUT2D eigenvalue weighted by Gasteiger charge is 2.39. The average Bonchev–Trinajstić information content (AvgIpc) is 3.07. The standard InChI is InChI=1S/C17H18ClNO4S2/c1-13-3-2-4-16(11-13)25(22,23)19-10-9-17(12-19)24(20,21)15-7-5-14(18)6-8-15/h2-8,11,17H,9-10,12H2,1H3. The largest absolute Gasteiger partial charge is 0.243 e. The number of hydrogen-bond acceptors (Lipinski definition) is 4. The van der Waals surface area contributed by atoms with E-state index >= 15 is 0 Å². The van der Waals surface area contributed by atoms with Crippen LogP contribution in [0.4, 0.5) is 0 Å². The van der Waals surface area contributed by atoms with Crippen molar-refractivity contribution in [2.75, 3.05) is 13.1 Å². The summed E-state index contributed by atoms with van der Waals surface area (Å²) in [6, 6.07) is 12.6. The van der Waals surface area contributed by atoms with Gasteiger partial charge in [0.05, 0.1) is 15.0 Å². The first kappa shape index (κ1) is 18.4. The topological polar surface area (TPSA) is 71.5 Å². The van der Waals surface area contributed by atoms with E-state index in [9.17, 15) is 16.8 Å². The van der Waals surface area contributed by atoms with E-state index in [1.165, 1.54) is 34.6 Å². The molecule has 1 aliphatic heterocycles. The van der Waals surface area contributed by atoms with Gasteiger partial charge in [0.15, 0.2) is 9.84 Å². The van der Waals surface area contributed by atoms with Crippen molar-refractivity contribution in [1.82, 2.24) is 4.31 Å². The summed E-state index contributed by atoms with van der Waals surface area (Å²) in [5, 5.41) is -0.303. The van der Waals surface area contributed by atoms with E-state index < -0.39 is 25.1 Å². The number of nitrogens with zero attached hydrogens (tertiary/aromatic N) is 1. The highest BCUT2D eigenvalue weighted by Crippen LogP contribution is 2.28. The summed E-state index contributed by atoms with van der Waals surface area (Å²) in [6.07, 6.45) is 0.274. The normalized spacial score (nSPS) is 19.2. The second kappa shape index (κ2) is 6.72. The maximum atomic E-state index is 12.8. The Bertz CT molecular complexity index is 986. The predicted molar refractivity (Wildman–Crippen MR) is 97.0 cm³/mol. The van der Waals surface area contributed by atoms with Crippen molar-refractivity contribution in [3.63, 3.8) is 0 Å². The van der Waals surface area contributed by atoms with Gasteiger partial charge in [0.2, 0.25) is 10.0 Å². The molecule has 0 radical (unpaired) electrons. The Hall–Kier alpha value is -1.41. The second-order valence-corrected chi connectivity index (χ2v) is 10.7. The molecule has 1 saturated heterocycles. The van der Waals surface area contributed by atoms with Gasteiger partial charge in [0, 0.05) is 18.1 Å². The smallest absolute Gasteiger partial charge is 0.223 e. The lowest BCUT2D eigenvalue weighted by Crippen LogP contribution is -2.32. The van der Waals surface area contributed by atoms with Gasteiger partial charge in [-0.25, -0.2) is 16.8 Å². The van der Waals surface area contributed by atoms with Crippen LogP contribution < -0.4 is 0 Å². The summed E-state index contributed by atoms with van der Waals surface area (Å²) in [7, 11) is -7.30. The van der Waals surface area contributed by atoms with Crippen LogP contribution in [0.5, 0.6) is 0 Å². The van der Waals surface area contributed by atoms with Gasteiger partial charge >= 0.3 is 0 Å². The van der Waals surface area contributed by atoms with E-state index in [1.54, 1.807) is 12.1 Å². The van der Waals surface area contributed by atoms with Crippen LogP contribution in [0.25, 0.3) is 0 Å². The first-order valence-electron chi connectivity index (χ1n) is 7.77. The van der Waals surface area contributed by atoms with Gasteiger partial charge in [0.25, 0.3) is 0 Å². The van der Waals surface area contributed by atoms with Gasteiger partial charge in [-0.15, -0.1) is 0 Å². The van der Waals surface area contributed by atoms with E-state index in [0.29, 0.717) is 5.02 Å². The maximum Gasteiger partial charge on any atom is 0.243 e. The Labute approximate surface area is 153 Å². The summed E-state index contributed by atoms with van der Waals surface area (Å²) in [4.78, 5) is 0.355. The molecule has 1 fully saturated rings. The van der Waals surface area contributed by atoms with Gasteiger partial charge in [0.1, 0.15) is 0 Å². The number of sulfone groups is 1. The van der Waals surface area contributed by atoms with Crippen LogP contribution in [0.1, 0.15) is 12.0 Å². The third kappa shape index (κ3) is 3.60. The van der Waals surface area contributed by atoms with Crippen molar-refractivity contribution in [3.05, 3.63) is 59.1 Å². The molecule has 1 unspecified atom stereocenters. The number of halogens is 1. The molecule has 1 aliphatic rings. The molecule has 0 aliphatic carbocycles. The molecule has 0 N–H and O–H groups in total. The van der Waals surface area contributed by atoms with Crippen LogP contribution in [0, 0.1) is 6.92 Å². The van der Waals surface area contributed by atoms with Crippen molar-refractivity contribution < 1.29 is 16.8 Å². The molecule has 5 nitrogen and oxygen atoms in total. The Kier molecular flexibility index (Phi) is 4.94. The average molecular weight is 400 g/mol. The SMILES string of the molecule is Cc1cccc(S(=O)(=O)N2CCC(S(=O)(=O)c3ccc(Cl)cc3)C2)c1. The number of sulfonamides is 1. The molecule has 134 valence electrons. The van der Waals surface area contributed by atoms with Crippen molar-refractivity contribution >= 4 is 31.5 Å². The van der Waals surface area contributed by atoms with E-state index in [-0.39, 0.29) is 29.3 Å². The molecule has 0 aromatic heterocycles. The van der Waals surface area contributed by atoms with Crippen molar-refractivity contribution in [1.29, 1.82) is 0 Å². The zero-order chi connectivity index (χ0) is 18.2. The summed E-state index contributed by atoms with van der Waals surface area (Å²) >= 11 is 5.80. The lowest BCUT2D eigenvalue weighted by molar-refractivity contribution is 0.476. The fourth-order valence-electron chi connectivity index (χ4n) is 2.91. The molecular weight excluding hydrogens is 382 g/mol. The molecule has 1 heterocycles. The molecule has 3 rings (SSSR count). The lowest BCUT2D eigenvalue weighted by Gasteiger charge is -2.17. The van der Waals surface area contributed by atoms with E-state index in [1.807, 2.05) is 13.0 Å². The molecular formula is C17H18ClNO4S2. The molecule has 1 atom stereocenters. The van der Waals surface area contributed by atoms with Crippen LogP contribution in [-0.2, 0) is 19.9 Å². The fraction of sp³-hybridized carbons (Fsp3) is 0.294. The number of aryl methyl sites for hydroxylation is 1. The first-order chi connectivity index (χ1) is 11.7. The third-order valence-electron chi connectivity index (χ3n) is 4.32. The maximum absolute atomic E-state index is 12.8. The highest BCUT2D eigenvalue weighted by molar-refractivity contribution is 7.92. The van der Waals surface area contributed by atoms with Crippen LogP contribution in [0.15, 0.2) is 58.3 Å². The Balaban J connectivity index is 1.85. The van der Waals surface area contributed by atoms with Gasteiger partial charge < -0.3 is 0 Å². The molecule has 8 heteroatoms.